The van der Waals surface area contributed by atoms with E-state index in [0.29, 0.717) is 0 Å². The van der Waals surface area contributed by atoms with E-state index in [0.717, 1.165) is 28.3 Å². The van der Waals surface area contributed by atoms with Gasteiger partial charge in [-0.25, -0.2) is 0 Å². The minimum Gasteiger partial charge on any atom is -0.496 e. The smallest absolute Gasteiger partial charge is 0.131 e. The van der Waals surface area contributed by atoms with Crippen molar-refractivity contribution in [2.24, 2.45) is 4.99 Å². The highest BCUT2D eigenvalue weighted by atomic mass is 16.5. The first kappa shape index (κ1) is 22.6. The monoisotopic (exact) mass is 390 g/mol. The van der Waals surface area contributed by atoms with Crippen molar-refractivity contribution in [2.45, 2.75) is 59.3 Å². The van der Waals surface area contributed by atoms with Gasteiger partial charge in [0, 0.05) is 29.1 Å². The van der Waals surface area contributed by atoms with E-state index in [2.05, 4.69) is 65.2 Å². The molecule has 0 saturated carbocycles. The first-order chi connectivity index (χ1) is 13.5. The zero-order valence-corrected chi connectivity index (χ0v) is 19.1. The number of benzene rings is 1. The zero-order chi connectivity index (χ0) is 21.8. The van der Waals surface area contributed by atoms with Crippen LogP contribution in [0.25, 0.3) is 11.8 Å². The van der Waals surface area contributed by atoms with Crippen LogP contribution in [0, 0.1) is 0 Å². The molecule has 2 aromatic rings. The lowest BCUT2D eigenvalue weighted by atomic mass is 9.79. The Morgan fingerprint density at radius 3 is 2.28 bits per heavy atom. The summed E-state index contributed by atoms with van der Waals surface area (Å²) < 4.78 is 5.84. The molecule has 154 valence electrons. The number of methoxy groups -OCH3 is 1. The van der Waals surface area contributed by atoms with Crippen molar-refractivity contribution in [3.8, 4) is 5.75 Å². The second-order valence-electron chi connectivity index (χ2n) is 9.22. The second-order valence-corrected chi connectivity index (χ2v) is 9.22. The number of aromatic nitrogens is 1. The van der Waals surface area contributed by atoms with E-state index in [1.165, 1.54) is 11.1 Å². The van der Waals surface area contributed by atoms with Crippen LogP contribution in [0.2, 0.25) is 0 Å². The van der Waals surface area contributed by atoms with E-state index in [1.54, 1.807) is 19.4 Å². The third kappa shape index (κ3) is 5.23. The Bertz CT molecular complexity index is 938. The Morgan fingerprint density at radius 2 is 1.76 bits per heavy atom. The highest BCUT2D eigenvalue weighted by Crippen LogP contribution is 2.38. The number of hydrogen-bond donors (Lipinski definition) is 0. The summed E-state index contributed by atoms with van der Waals surface area (Å²) in [5, 5.41) is 0. The lowest BCUT2D eigenvalue weighted by Crippen LogP contribution is -2.18. The largest absolute Gasteiger partial charge is 0.496 e. The summed E-state index contributed by atoms with van der Waals surface area (Å²) in [7, 11) is 1.73. The maximum Gasteiger partial charge on any atom is 0.131 e. The minimum atomic E-state index is -0.0460. The fourth-order valence-electron chi connectivity index (χ4n) is 3.17. The summed E-state index contributed by atoms with van der Waals surface area (Å²) in [5.41, 5.74) is 5.98. The highest BCUT2D eigenvalue weighted by Gasteiger charge is 2.25. The standard InChI is InChI=1S/C26H34N2O/c1-10-18-13-12-14-27-23(18)22(11-2)28-17-19-15-20(25(3,4)5)16-21(24(19)29-9)26(6,7)8/h10-17H,1H2,2-9H3/b22-11+,28-17?. The van der Waals surface area contributed by atoms with Crippen LogP contribution in [0.5, 0.6) is 5.75 Å². The molecule has 0 atom stereocenters. The molecule has 0 unspecified atom stereocenters. The van der Waals surface area contributed by atoms with Crippen LogP contribution in [0.15, 0.2) is 48.1 Å². The van der Waals surface area contributed by atoms with Crippen molar-refractivity contribution in [1.29, 1.82) is 0 Å². The molecule has 0 aliphatic heterocycles. The summed E-state index contributed by atoms with van der Waals surface area (Å²) in [5.74, 6) is 0.870. The molecular formula is C26H34N2O. The maximum absolute atomic E-state index is 5.84. The molecule has 29 heavy (non-hydrogen) atoms. The summed E-state index contributed by atoms with van der Waals surface area (Å²) in [6, 6.07) is 8.34. The molecule has 0 fully saturated rings. The van der Waals surface area contributed by atoms with E-state index >= 15 is 0 Å². The number of ether oxygens (including phenoxy) is 1. The van der Waals surface area contributed by atoms with E-state index in [-0.39, 0.29) is 10.8 Å². The highest BCUT2D eigenvalue weighted by molar-refractivity contribution is 5.89. The first-order valence-corrected chi connectivity index (χ1v) is 10.0. The van der Waals surface area contributed by atoms with Gasteiger partial charge in [-0.05, 0) is 35.4 Å². The van der Waals surface area contributed by atoms with Gasteiger partial charge in [0.05, 0.1) is 18.5 Å². The van der Waals surface area contributed by atoms with Crippen molar-refractivity contribution in [2.75, 3.05) is 7.11 Å². The number of aliphatic imine (C=N–C) groups is 1. The molecule has 0 spiro atoms. The fraction of sp³-hybridized carbons (Fsp3) is 0.385. The Morgan fingerprint density at radius 1 is 1.07 bits per heavy atom. The van der Waals surface area contributed by atoms with Gasteiger partial charge in [-0.2, -0.15) is 0 Å². The van der Waals surface area contributed by atoms with Crippen LogP contribution in [0.3, 0.4) is 0 Å². The van der Waals surface area contributed by atoms with Gasteiger partial charge in [0.15, 0.2) is 0 Å². The minimum absolute atomic E-state index is 0.0231. The molecule has 0 radical (unpaired) electrons. The number of pyridine rings is 1. The van der Waals surface area contributed by atoms with Crippen molar-refractivity contribution in [3.05, 3.63) is 71.1 Å². The molecule has 1 aromatic heterocycles. The van der Waals surface area contributed by atoms with Gasteiger partial charge in [-0.15, -0.1) is 0 Å². The SMILES string of the molecule is C=Cc1cccnc1/C(=C\C)N=Cc1cc(C(C)(C)C)cc(C(C)(C)C)c1OC. The first-order valence-electron chi connectivity index (χ1n) is 10.0. The van der Waals surface area contributed by atoms with E-state index in [4.69, 9.17) is 9.73 Å². The molecule has 0 aliphatic carbocycles. The van der Waals surface area contributed by atoms with Crippen molar-refractivity contribution in [1.82, 2.24) is 4.98 Å². The Kier molecular flexibility index (Phi) is 6.84. The normalized spacial score (nSPS) is 13.0. The third-order valence-corrected chi connectivity index (χ3v) is 4.91. The van der Waals surface area contributed by atoms with Gasteiger partial charge in [0.2, 0.25) is 0 Å². The Balaban J connectivity index is 2.65. The second kappa shape index (κ2) is 8.77. The molecule has 3 nitrogen and oxygen atoms in total. The predicted octanol–water partition coefficient (Wildman–Crippen LogP) is 6.81. The molecule has 0 aliphatic rings. The van der Waals surface area contributed by atoms with Gasteiger partial charge < -0.3 is 4.74 Å². The van der Waals surface area contributed by atoms with Crippen molar-refractivity contribution in [3.63, 3.8) is 0 Å². The lowest BCUT2D eigenvalue weighted by Gasteiger charge is -2.28. The van der Waals surface area contributed by atoms with Gasteiger partial charge >= 0.3 is 0 Å². The topological polar surface area (TPSA) is 34.5 Å². The molecule has 0 N–H and O–H groups in total. The van der Waals surface area contributed by atoms with Crippen LogP contribution >= 0.6 is 0 Å². The van der Waals surface area contributed by atoms with Crippen LogP contribution in [0.4, 0.5) is 0 Å². The summed E-state index contributed by atoms with van der Waals surface area (Å²) in [6.07, 6.45) is 7.44. The van der Waals surface area contributed by atoms with Crippen LogP contribution in [-0.2, 0) is 10.8 Å². The molecule has 0 saturated heterocycles. The third-order valence-electron chi connectivity index (χ3n) is 4.91. The number of hydrogen-bond acceptors (Lipinski definition) is 3. The lowest BCUT2D eigenvalue weighted by molar-refractivity contribution is 0.396. The van der Waals surface area contributed by atoms with Gasteiger partial charge in [0.1, 0.15) is 5.75 Å². The van der Waals surface area contributed by atoms with Gasteiger partial charge in [-0.3, -0.25) is 9.98 Å². The molecular weight excluding hydrogens is 356 g/mol. The predicted molar refractivity (Wildman–Crippen MR) is 126 cm³/mol. The fourth-order valence-corrected chi connectivity index (χ4v) is 3.17. The average Bonchev–Trinajstić information content (AvgIpc) is 2.66. The summed E-state index contributed by atoms with van der Waals surface area (Å²) in [4.78, 5) is 9.30. The summed E-state index contributed by atoms with van der Waals surface area (Å²) in [6.45, 7) is 19.2. The van der Waals surface area contributed by atoms with E-state index in [1.807, 2.05) is 31.3 Å². The Hall–Kier alpha value is -2.68. The maximum atomic E-state index is 5.84. The summed E-state index contributed by atoms with van der Waals surface area (Å²) >= 11 is 0. The molecule has 0 amide bonds. The van der Waals surface area contributed by atoms with E-state index < -0.39 is 0 Å². The van der Waals surface area contributed by atoms with Gasteiger partial charge in [0.25, 0.3) is 0 Å². The Labute approximate surface area is 176 Å². The van der Waals surface area contributed by atoms with Crippen molar-refractivity contribution < 1.29 is 4.74 Å². The van der Waals surface area contributed by atoms with E-state index in [9.17, 15) is 0 Å². The molecule has 2 rings (SSSR count). The number of rotatable bonds is 5. The van der Waals surface area contributed by atoms with Gasteiger partial charge in [-0.1, -0.05) is 72.4 Å². The zero-order valence-electron chi connectivity index (χ0n) is 19.1. The average molecular weight is 391 g/mol. The molecule has 3 heteroatoms. The quantitative estimate of drug-likeness (QED) is 0.526. The van der Waals surface area contributed by atoms with Crippen LogP contribution in [-0.4, -0.2) is 18.3 Å². The molecule has 0 bridgehead atoms. The molecule has 1 aromatic carbocycles. The van der Waals surface area contributed by atoms with Crippen molar-refractivity contribution >= 4 is 18.0 Å². The number of nitrogens with zero attached hydrogens (tertiary/aromatic N) is 2. The van der Waals surface area contributed by atoms with Crippen LogP contribution in [0.1, 0.15) is 76.4 Å². The number of allylic oxidation sites excluding steroid dienone is 1. The van der Waals surface area contributed by atoms with Crippen LogP contribution < -0.4 is 4.74 Å². The molecule has 1 heterocycles.